The maximum absolute atomic E-state index is 2.28. The molecule has 0 nitrogen and oxygen atoms in total. The van der Waals surface area contributed by atoms with E-state index in [0.29, 0.717) is 0 Å². The molecule has 0 spiro atoms. The maximum atomic E-state index is 2.28. The number of hydrogen-bond acceptors (Lipinski definition) is 10. The van der Waals surface area contributed by atoms with E-state index in [4.69, 9.17) is 0 Å². The van der Waals surface area contributed by atoms with E-state index in [2.05, 4.69) is 60.0 Å². The smallest absolute Gasteiger partial charge is 0.0657 e. The van der Waals surface area contributed by atoms with Gasteiger partial charge in [0.25, 0.3) is 0 Å². The number of thioether (sulfide) groups is 8. The van der Waals surface area contributed by atoms with Crippen LogP contribution in [0.4, 0.5) is 0 Å². The first-order chi connectivity index (χ1) is 14.7. The molecule has 0 aromatic carbocycles. The van der Waals surface area contributed by atoms with Gasteiger partial charge in [0.05, 0.1) is 25.4 Å². The first-order valence-electron chi connectivity index (χ1n) is 8.62. The van der Waals surface area contributed by atoms with Crippen molar-refractivity contribution >= 4 is 128 Å². The average Bonchev–Trinajstić information content (AvgIpc) is 3.56. The predicted molar refractivity (Wildman–Crippen MR) is 161 cm³/mol. The van der Waals surface area contributed by atoms with Crippen LogP contribution in [-0.4, -0.2) is 25.0 Å². The van der Waals surface area contributed by atoms with E-state index in [9.17, 15) is 0 Å². The van der Waals surface area contributed by atoms with Crippen molar-refractivity contribution in [3.05, 3.63) is 70.2 Å². The molecule has 0 atom stereocenters. The van der Waals surface area contributed by atoms with Gasteiger partial charge in [-0.15, -0.1) is 69.7 Å². The lowest BCUT2D eigenvalue weighted by atomic mass is 10.1. The Kier molecular flexibility index (Phi) is 9.34. The van der Waals surface area contributed by atoms with Crippen molar-refractivity contribution in [2.75, 3.05) is 25.0 Å². The second kappa shape index (κ2) is 11.5. The van der Waals surface area contributed by atoms with Crippen LogP contribution in [0.5, 0.6) is 0 Å². The summed E-state index contributed by atoms with van der Waals surface area (Å²) in [5, 5.41) is 4.40. The summed E-state index contributed by atoms with van der Waals surface area (Å²) in [6.45, 7) is 0. The summed E-state index contributed by atoms with van der Waals surface area (Å²) in [5.74, 6) is 0. The van der Waals surface area contributed by atoms with Crippen molar-refractivity contribution in [2.24, 2.45) is 0 Å². The summed E-state index contributed by atoms with van der Waals surface area (Å²) >= 11 is 18.9. The summed E-state index contributed by atoms with van der Waals surface area (Å²) in [6.07, 6.45) is 8.75. The summed E-state index contributed by atoms with van der Waals surface area (Å²) in [7, 11) is 0. The van der Waals surface area contributed by atoms with Gasteiger partial charge in [-0.25, -0.2) is 0 Å². The van der Waals surface area contributed by atoms with Crippen LogP contribution in [0.1, 0.15) is 9.75 Å². The van der Waals surface area contributed by atoms with Crippen molar-refractivity contribution in [3.8, 4) is 0 Å². The zero-order chi connectivity index (χ0) is 21.1. The Bertz CT molecular complexity index is 902. The van der Waals surface area contributed by atoms with Gasteiger partial charge in [0, 0.05) is 20.9 Å². The SMILES string of the molecule is CSC1=C(SC)SC(=C(C(=C2SC(SC)=C(SC)S2)c2cccs2)c2cccs2)S1. The Hall–Kier alpha value is 1.16. The minimum atomic E-state index is 1.35. The van der Waals surface area contributed by atoms with Crippen molar-refractivity contribution in [1.82, 2.24) is 0 Å². The Morgan fingerprint density at radius 3 is 1.13 bits per heavy atom. The van der Waals surface area contributed by atoms with E-state index in [1.807, 2.05) is 117 Å². The molecule has 0 saturated carbocycles. The van der Waals surface area contributed by atoms with Gasteiger partial charge in [-0.1, -0.05) is 59.2 Å². The molecule has 2 aliphatic heterocycles. The maximum Gasteiger partial charge on any atom is 0.0657 e. The van der Waals surface area contributed by atoms with Crippen LogP contribution in [0.3, 0.4) is 0 Å². The molecule has 4 heterocycles. The van der Waals surface area contributed by atoms with Gasteiger partial charge in [0.15, 0.2) is 0 Å². The van der Waals surface area contributed by atoms with Gasteiger partial charge in [0.1, 0.15) is 0 Å². The second-order valence-electron chi connectivity index (χ2n) is 5.65. The molecule has 2 aromatic rings. The van der Waals surface area contributed by atoms with Gasteiger partial charge in [-0.3, -0.25) is 0 Å². The van der Waals surface area contributed by atoms with E-state index in [1.54, 1.807) is 0 Å². The highest BCUT2D eigenvalue weighted by Crippen LogP contribution is 2.64. The quantitative estimate of drug-likeness (QED) is 0.314. The fourth-order valence-corrected chi connectivity index (χ4v) is 14.8. The molecule has 4 rings (SSSR count). The number of rotatable bonds is 7. The Morgan fingerprint density at radius 1 is 0.567 bits per heavy atom. The van der Waals surface area contributed by atoms with Gasteiger partial charge in [-0.2, -0.15) is 0 Å². The monoisotopic (exact) mass is 578 g/mol. The molecular weight excluding hydrogens is 561 g/mol. The van der Waals surface area contributed by atoms with E-state index in [1.165, 1.54) is 46.3 Å². The second-order valence-corrected chi connectivity index (χ2v) is 16.4. The van der Waals surface area contributed by atoms with Gasteiger partial charge in [-0.05, 0) is 47.9 Å². The molecular formula is C20H18S10. The zero-order valence-corrected chi connectivity index (χ0v) is 24.7. The minimum Gasteiger partial charge on any atom is -0.144 e. The molecule has 0 fully saturated rings. The minimum absolute atomic E-state index is 1.35. The van der Waals surface area contributed by atoms with Crippen LogP contribution < -0.4 is 0 Å². The highest BCUT2D eigenvalue weighted by atomic mass is 32.3. The Labute approximate surface area is 220 Å². The molecule has 2 aliphatic rings. The van der Waals surface area contributed by atoms with Crippen LogP contribution in [0.15, 0.2) is 60.4 Å². The summed E-state index contributed by atoms with van der Waals surface area (Å²) in [5.41, 5.74) is 2.80. The fourth-order valence-electron chi connectivity index (χ4n) is 2.74. The van der Waals surface area contributed by atoms with Crippen LogP contribution >= 0.6 is 117 Å². The van der Waals surface area contributed by atoms with Gasteiger partial charge in [0.2, 0.25) is 0 Å². The topological polar surface area (TPSA) is 0 Å². The van der Waals surface area contributed by atoms with Crippen LogP contribution in [0, 0.1) is 0 Å². The molecule has 0 saturated heterocycles. The zero-order valence-electron chi connectivity index (χ0n) is 16.5. The van der Waals surface area contributed by atoms with Crippen molar-refractivity contribution < 1.29 is 0 Å². The first-order valence-corrected chi connectivity index (χ1v) is 18.5. The van der Waals surface area contributed by atoms with Crippen molar-refractivity contribution in [3.63, 3.8) is 0 Å². The number of thiophene rings is 2. The van der Waals surface area contributed by atoms with Gasteiger partial charge >= 0.3 is 0 Å². The highest BCUT2D eigenvalue weighted by molar-refractivity contribution is 8.41. The van der Waals surface area contributed by atoms with E-state index >= 15 is 0 Å². The summed E-state index contributed by atoms with van der Waals surface area (Å²) in [4.78, 5) is 2.71. The molecule has 0 bridgehead atoms. The molecule has 0 N–H and O–H groups in total. The number of hydrogen-bond donors (Lipinski definition) is 0. The third kappa shape index (κ3) is 5.13. The van der Waals surface area contributed by atoms with Crippen LogP contribution in [0.25, 0.3) is 11.1 Å². The largest absolute Gasteiger partial charge is 0.144 e. The normalized spacial score (nSPS) is 16.9. The van der Waals surface area contributed by atoms with Crippen LogP contribution in [-0.2, 0) is 0 Å². The molecule has 0 radical (unpaired) electrons. The van der Waals surface area contributed by atoms with Crippen molar-refractivity contribution in [2.45, 2.75) is 0 Å². The molecule has 158 valence electrons. The lowest BCUT2D eigenvalue weighted by Crippen LogP contribution is -1.90. The molecule has 0 aliphatic carbocycles. The first kappa shape index (κ1) is 24.3. The Morgan fingerprint density at radius 2 is 0.900 bits per heavy atom. The fraction of sp³-hybridized carbons (Fsp3) is 0.200. The van der Waals surface area contributed by atoms with Crippen molar-refractivity contribution in [1.29, 1.82) is 0 Å². The standard InChI is InChI=1S/C20H18S10/c1-21-17-18(22-2)28-15(27-17)13(11-7-5-9-25-11)14(12-8-6-10-26-12)16-29-19(23-3)20(24-4)30-16/h5-10H,1-4H3. The van der Waals surface area contributed by atoms with E-state index < -0.39 is 0 Å². The summed E-state index contributed by atoms with van der Waals surface area (Å²) in [6, 6.07) is 8.91. The molecule has 30 heavy (non-hydrogen) atoms. The number of allylic oxidation sites excluding steroid dienone is 2. The third-order valence-corrected chi connectivity index (χ3v) is 16.2. The van der Waals surface area contributed by atoms with Gasteiger partial charge < -0.3 is 0 Å². The summed E-state index contributed by atoms with van der Waals surface area (Å²) < 4.78 is 8.51. The molecule has 2 aromatic heterocycles. The van der Waals surface area contributed by atoms with Crippen LogP contribution in [0.2, 0.25) is 0 Å². The predicted octanol–water partition coefficient (Wildman–Crippen LogP) is 10.5. The molecule has 10 heteroatoms. The third-order valence-electron chi connectivity index (χ3n) is 4.01. The lowest BCUT2D eigenvalue weighted by Gasteiger charge is -2.16. The Balaban J connectivity index is 1.90. The average molecular weight is 579 g/mol. The highest BCUT2D eigenvalue weighted by Gasteiger charge is 2.31. The molecule has 0 unspecified atom stereocenters. The van der Waals surface area contributed by atoms with E-state index in [0.717, 1.165) is 0 Å². The molecule has 0 amide bonds. The lowest BCUT2D eigenvalue weighted by molar-refractivity contribution is 1.82. The van der Waals surface area contributed by atoms with E-state index in [-0.39, 0.29) is 0 Å².